The van der Waals surface area contributed by atoms with Gasteiger partial charge in [0.25, 0.3) is 0 Å². The number of carbonyl (C=O) groups is 1. The lowest BCUT2D eigenvalue weighted by Crippen LogP contribution is -2.34. The number of furan rings is 1. The van der Waals surface area contributed by atoms with Gasteiger partial charge >= 0.3 is 0 Å². The largest absolute Gasteiger partial charge is 0.459 e. The van der Waals surface area contributed by atoms with E-state index < -0.39 is 6.10 Å². The number of benzene rings is 1. The minimum atomic E-state index is -0.952. The lowest BCUT2D eigenvalue weighted by molar-refractivity contribution is -0.129. The average Bonchev–Trinajstić information content (AvgIpc) is 2.79. The van der Waals surface area contributed by atoms with Crippen LogP contribution in [0.4, 0.5) is 0 Å². The van der Waals surface area contributed by atoms with Gasteiger partial charge < -0.3 is 14.8 Å². The van der Waals surface area contributed by atoms with E-state index in [1.54, 1.807) is 11.8 Å². The summed E-state index contributed by atoms with van der Waals surface area (Å²) >= 11 is 1.61. The van der Waals surface area contributed by atoms with Crippen LogP contribution in [0.5, 0.6) is 0 Å². The molecule has 0 saturated carbocycles. The van der Waals surface area contributed by atoms with Gasteiger partial charge in [0.15, 0.2) is 0 Å². The summed E-state index contributed by atoms with van der Waals surface area (Å²) in [5, 5.41) is 13.5. The van der Waals surface area contributed by atoms with E-state index in [1.165, 1.54) is 0 Å². The van der Waals surface area contributed by atoms with Crippen molar-refractivity contribution in [2.24, 2.45) is 0 Å². The maximum absolute atomic E-state index is 11.7. The monoisotopic (exact) mass is 293 g/mol. The molecule has 108 valence electrons. The van der Waals surface area contributed by atoms with Crippen LogP contribution in [0.25, 0.3) is 11.0 Å². The number of fused-ring (bicyclic) bond motifs is 1. The number of aryl methyl sites for hydroxylation is 1. The van der Waals surface area contributed by atoms with E-state index in [2.05, 4.69) is 5.32 Å². The molecule has 1 heterocycles. The molecule has 0 aliphatic heterocycles. The highest BCUT2D eigenvalue weighted by Gasteiger charge is 2.16. The summed E-state index contributed by atoms with van der Waals surface area (Å²) in [6.07, 6.45) is 1.46. The summed E-state index contributed by atoms with van der Waals surface area (Å²) in [4.78, 5) is 11.7. The molecule has 20 heavy (non-hydrogen) atoms. The molecule has 4 nitrogen and oxygen atoms in total. The molecule has 1 amide bonds. The van der Waals surface area contributed by atoms with Crippen molar-refractivity contribution in [3.8, 4) is 0 Å². The Bertz CT molecular complexity index is 594. The Morgan fingerprint density at radius 3 is 2.90 bits per heavy atom. The molecule has 2 rings (SSSR count). The first-order chi connectivity index (χ1) is 9.63. The lowest BCUT2D eigenvalue weighted by Gasteiger charge is -2.09. The highest BCUT2D eigenvalue weighted by molar-refractivity contribution is 7.98. The van der Waals surface area contributed by atoms with Crippen molar-refractivity contribution in [3.63, 3.8) is 0 Å². The van der Waals surface area contributed by atoms with Crippen molar-refractivity contribution in [2.75, 3.05) is 12.0 Å². The van der Waals surface area contributed by atoms with Crippen molar-refractivity contribution in [1.82, 2.24) is 5.32 Å². The van der Waals surface area contributed by atoms with Crippen LogP contribution in [0, 0.1) is 6.92 Å². The molecule has 2 N–H and O–H groups in total. The zero-order valence-corrected chi connectivity index (χ0v) is 12.5. The van der Waals surface area contributed by atoms with Crippen molar-refractivity contribution >= 4 is 28.6 Å². The first-order valence-corrected chi connectivity index (χ1v) is 7.94. The summed E-state index contributed by atoms with van der Waals surface area (Å²) in [6.45, 7) is 2.27. The smallest absolute Gasteiger partial charge is 0.249 e. The van der Waals surface area contributed by atoms with Gasteiger partial charge in [-0.3, -0.25) is 4.79 Å². The third-order valence-corrected chi connectivity index (χ3v) is 3.91. The average molecular weight is 293 g/mol. The zero-order chi connectivity index (χ0) is 14.5. The maximum Gasteiger partial charge on any atom is 0.249 e. The maximum atomic E-state index is 11.7. The van der Waals surface area contributed by atoms with Gasteiger partial charge in [-0.15, -0.1) is 0 Å². The predicted molar refractivity (Wildman–Crippen MR) is 81.8 cm³/mol. The quantitative estimate of drug-likeness (QED) is 0.859. The summed E-state index contributed by atoms with van der Waals surface area (Å²) < 4.78 is 5.71. The third kappa shape index (κ3) is 3.35. The van der Waals surface area contributed by atoms with Crippen LogP contribution >= 0.6 is 11.8 Å². The Balaban J connectivity index is 1.99. The fourth-order valence-electron chi connectivity index (χ4n) is 2.04. The van der Waals surface area contributed by atoms with Crippen LogP contribution in [0.15, 0.2) is 28.7 Å². The Hall–Kier alpha value is -1.46. The second kappa shape index (κ2) is 6.81. The first kappa shape index (κ1) is 14.9. The minimum absolute atomic E-state index is 0.301. The number of carbonyl (C=O) groups excluding carboxylic acids is 1. The number of nitrogens with one attached hydrogen (secondary N) is 1. The van der Waals surface area contributed by atoms with E-state index in [9.17, 15) is 9.90 Å². The molecular formula is C15H19NO3S. The third-order valence-electron chi connectivity index (χ3n) is 3.26. The molecule has 0 radical (unpaired) electrons. The predicted octanol–water partition coefficient (Wildman–Crippen LogP) is 2.47. The van der Waals surface area contributed by atoms with Gasteiger partial charge in [0.2, 0.25) is 5.91 Å². The SMILES string of the molecule is CSCC[C@H](O)C(=O)NCc1oc2ccccc2c1C. The van der Waals surface area contributed by atoms with Crippen molar-refractivity contribution in [3.05, 3.63) is 35.6 Å². The van der Waals surface area contributed by atoms with Crippen molar-refractivity contribution < 1.29 is 14.3 Å². The molecule has 0 aliphatic carbocycles. The van der Waals surface area contributed by atoms with E-state index in [0.717, 1.165) is 28.0 Å². The van der Waals surface area contributed by atoms with Gasteiger partial charge in [0, 0.05) is 10.9 Å². The number of amides is 1. The molecule has 1 aromatic carbocycles. The zero-order valence-electron chi connectivity index (χ0n) is 11.7. The van der Waals surface area contributed by atoms with E-state index in [-0.39, 0.29) is 5.91 Å². The van der Waals surface area contributed by atoms with Gasteiger partial charge in [0.1, 0.15) is 17.4 Å². The molecule has 2 aromatic rings. The number of hydrogen-bond donors (Lipinski definition) is 2. The number of hydrogen-bond acceptors (Lipinski definition) is 4. The van der Waals surface area contributed by atoms with Crippen molar-refractivity contribution in [1.29, 1.82) is 0 Å². The van der Waals surface area contributed by atoms with E-state index >= 15 is 0 Å². The Kier molecular flexibility index (Phi) is 5.09. The highest BCUT2D eigenvalue weighted by atomic mass is 32.2. The number of aliphatic hydroxyl groups is 1. The fraction of sp³-hybridized carbons (Fsp3) is 0.400. The van der Waals surface area contributed by atoms with Crippen LogP contribution in [-0.2, 0) is 11.3 Å². The van der Waals surface area contributed by atoms with Gasteiger partial charge in [-0.25, -0.2) is 0 Å². The van der Waals surface area contributed by atoms with E-state index in [0.29, 0.717) is 13.0 Å². The van der Waals surface area contributed by atoms with Gasteiger partial charge in [-0.1, -0.05) is 18.2 Å². The molecule has 0 bridgehead atoms. The minimum Gasteiger partial charge on any atom is -0.459 e. The molecule has 0 aliphatic rings. The highest BCUT2D eigenvalue weighted by Crippen LogP contribution is 2.24. The number of para-hydroxylation sites is 1. The molecule has 5 heteroatoms. The standard InChI is InChI=1S/C15H19NO3S/c1-10-11-5-3-4-6-13(11)19-14(10)9-16-15(18)12(17)7-8-20-2/h3-6,12,17H,7-9H2,1-2H3,(H,16,18)/t12-/m0/s1. The molecule has 0 unspecified atom stereocenters. The van der Waals surface area contributed by atoms with Crippen LogP contribution in [-0.4, -0.2) is 29.1 Å². The molecule has 0 saturated heterocycles. The van der Waals surface area contributed by atoms with Crippen LogP contribution in [0.1, 0.15) is 17.7 Å². The van der Waals surface area contributed by atoms with E-state index in [4.69, 9.17) is 4.42 Å². The summed E-state index contributed by atoms with van der Waals surface area (Å²) in [7, 11) is 0. The fourth-order valence-corrected chi connectivity index (χ4v) is 2.50. The van der Waals surface area contributed by atoms with Crippen LogP contribution in [0.2, 0.25) is 0 Å². The Labute approximate surface area is 122 Å². The molecule has 1 aromatic heterocycles. The van der Waals surface area contributed by atoms with Gasteiger partial charge in [-0.2, -0.15) is 11.8 Å². The molecule has 0 spiro atoms. The Morgan fingerprint density at radius 2 is 2.20 bits per heavy atom. The number of thioether (sulfide) groups is 1. The molecule has 1 atom stereocenters. The number of aliphatic hydroxyl groups excluding tert-OH is 1. The Morgan fingerprint density at radius 1 is 1.45 bits per heavy atom. The molecule has 0 fully saturated rings. The molecular weight excluding hydrogens is 274 g/mol. The topological polar surface area (TPSA) is 62.5 Å². The summed E-state index contributed by atoms with van der Waals surface area (Å²) in [6, 6.07) is 7.77. The van der Waals surface area contributed by atoms with E-state index in [1.807, 2.05) is 37.4 Å². The summed E-state index contributed by atoms with van der Waals surface area (Å²) in [5.41, 5.74) is 1.84. The van der Waals surface area contributed by atoms with Crippen molar-refractivity contribution in [2.45, 2.75) is 26.0 Å². The van der Waals surface area contributed by atoms with Gasteiger partial charge in [-0.05, 0) is 31.4 Å². The normalized spacial score (nSPS) is 12.6. The second-order valence-corrected chi connectivity index (χ2v) is 5.65. The van der Waals surface area contributed by atoms with Crippen LogP contribution < -0.4 is 5.32 Å². The van der Waals surface area contributed by atoms with Gasteiger partial charge in [0.05, 0.1) is 6.54 Å². The summed E-state index contributed by atoms with van der Waals surface area (Å²) in [5.74, 6) is 1.15. The number of rotatable bonds is 6. The van der Waals surface area contributed by atoms with Crippen LogP contribution in [0.3, 0.4) is 0 Å². The lowest BCUT2D eigenvalue weighted by atomic mass is 10.1. The second-order valence-electron chi connectivity index (χ2n) is 4.66. The first-order valence-electron chi connectivity index (χ1n) is 6.55.